The van der Waals surface area contributed by atoms with E-state index in [4.69, 9.17) is 10.5 Å². The summed E-state index contributed by atoms with van der Waals surface area (Å²) < 4.78 is 8.26. The van der Waals surface area contributed by atoms with Crippen molar-refractivity contribution in [3.8, 4) is 16.9 Å². The van der Waals surface area contributed by atoms with Crippen LogP contribution in [0.2, 0.25) is 0 Å². The maximum Gasteiger partial charge on any atom is 0.146 e. The third-order valence-corrected chi connectivity index (χ3v) is 5.46. The van der Waals surface area contributed by atoms with E-state index in [0.29, 0.717) is 18.5 Å². The normalized spacial score (nSPS) is 15.3. The molecule has 1 atom stereocenters. The molecule has 2 aromatic carbocycles. The molecule has 8 heteroatoms. The Hall–Kier alpha value is -2.80. The molecule has 5 rings (SSSR count). The van der Waals surface area contributed by atoms with E-state index in [9.17, 15) is 0 Å². The number of hydrogen-bond donors (Lipinski definition) is 2. The van der Waals surface area contributed by atoms with Gasteiger partial charge in [0.05, 0.1) is 5.39 Å². The van der Waals surface area contributed by atoms with Crippen molar-refractivity contribution in [1.29, 1.82) is 0 Å². The molecule has 0 radical (unpaired) electrons. The minimum atomic E-state index is 0. The number of halogens is 2. The third kappa shape index (κ3) is 4.61. The number of nitrogen functional groups attached to an aromatic ring is 1. The summed E-state index contributed by atoms with van der Waals surface area (Å²) in [6.07, 6.45) is 4.77. The average molecular weight is 458 g/mol. The predicted octanol–water partition coefficient (Wildman–Crippen LogP) is 4.64. The van der Waals surface area contributed by atoms with Crippen LogP contribution in [0, 0.1) is 0 Å². The van der Waals surface area contributed by atoms with Gasteiger partial charge in [-0.15, -0.1) is 24.8 Å². The van der Waals surface area contributed by atoms with Crippen molar-refractivity contribution in [1.82, 2.24) is 19.9 Å². The number of ether oxygens (including phenoxy) is 1. The van der Waals surface area contributed by atoms with Crippen LogP contribution in [-0.4, -0.2) is 27.6 Å². The number of aromatic nitrogens is 3. The third-order valence-electron chi connectivity index (χ3n) is 5.46. The van der Waals surface area contributed by atoms with Crippen molar-refractivity contribution in [3.63, 3.8) is 0 Å². The van der Waals surface area contributed by atoms with Crippen molar-refractivity contribution in [3.05, 3.63) is 72.7 Å². The van der Waals surface area contributed by atoms with E-state index in [2.05, 4.69) is 50.3 Å². The van der Waals surface area contributed by atoms with Crippen LogP contribution < -0.4 is 15.8 Å². The molecule has 1 aliphatic heterocycles. The highest BCUT2D eigenvalue weighted by Crippen LogP contribution is 2.36. The maximum absolute atomic E-state index is 6.27. The van der Waals surface area contributed by atoms with Crippen LogP contribution in [0.5, 0.6) is 5.75 Å². The quantitative estimate of drug-likeness (QED) is 0.456. The molecule has 1 fully saturated rings. The second-order valence-corrected chi connectivity index (χ2v) is 7.36. The molecule has 0 bridgehead atoms. The minimum Gasteiger partial charge on any atom is -0.489 e. The highest BCUT2D eigenvalue weighted by molar-refractivity contribution is 6.00. The fourth-order valence-corrected chi connectivity index (χ4v) is 3.98. The van der Waals surface area contributed by atoms with Gasteiger partial charge in [0.1, 0.15) is 30.1 Å². The van der Waals surface area contributed by atoms with E-state index in [1.54, 1.807) is 6.33 Å². The van der Waals surface area contributed by atoms with Crippen LogP contribution in [0.15, 0.2) is 67.1 Å². The first-order valence-electron chi connectivity index (χ1n) is 9.88. The van der Waals surface area contributed by atoms with E-state index in [-0.39, 0.29) is 24.8 Å². The number of hydrogen-bond acceptors (Lipinski definition) is 5. The summed E-state index contributed by atoms with van der Waals surface area (Å²) in [4.78, 5) is 8.78. The van der Waals surface area contributed by atoms with Crippen LogP contribution >= 0.6 is 24.8 Å². The Morgan fingerprint density at radius 1 is 1.06 bits per heavy atom. The van der Waals surface area contributed by atoms with E-state index >= 15 is 0 Å². The first-order valence-corrected chi connectivity index (χ1v) is 9.88. The van der Waals surface area contributed by atoms with Gasteiger partial charge in [0.15, 0.2) is 0 Å². The van der Waals surface area contributed by atoms with Crippen LogP contribution in [0.4, 0.5) is 5.82 Å². The van der Waals surface area contributed by atoms with Gasteiger partial charge in [-0.3, -0.25) is 0 Å². The number of nitrogens with zero attached hydrogens (tertiary/aromatic N) is 3. The minimum absolute atomic E-state index is 0. The zero-order valence-corrected chi connectivity index (χ0v) is 18.5. The number of rotatable bonds is 5. The fraction of sp³-hybridized carbons (Fsp3) is 0.217. The van der Waals surface area contributed by atoms with Gasteiger partial charge in [0.25, 0.3) is 0 Å². The topological polar surface area (TPSA) is 78.0 Å². The Morgan fingerprint density at radius 3 is 2.68 bits per heavy atom. The molecule has 2 aromatic heterocycles. The summed E-state index contributed by atoms with van der Waals surface area (Å²) in [5, 5.41) is 4.33. The molecule has 3 N–H and O–H groups in total. The molecule has 1 unspecified atom stereocenters. The molecule has 1 saturated heterocycles. The summed E-state index contributed by atoms with van der Waals surface area (Å²) in [5.41, 5.74) is 10.4. The van der Waals surface area contributed by atoms with Crippen molar-refractivity contribution in [2.45, 2.75) is 19.1 Å². The largest absolute Gasteiger partial charge is 0.489 e. The van der Waals surface area contributed by atoms with Crippen LogP contribution in [0.1, 0.15) is 18.0 Å². The zero-order chi connectivity index (χ0) is 19.6. The molecule has 0 spiro atoms. The van der Waals surface area contributed by atoms with Crippen molar-refractivity contribution >= 4 is 41.7 Å². The standard InChI is InChI=1S/C23H23N5O.2ClH/c24-22-21-20(13-28(18-9-10-25-12-18)23(21)27-15-26-22)17-7-4-8-19(11-17)29-14-16-5-2-1-3-6-16;;/h1-8,11,13,15,18,25H,9-10,12,14H2,(H2,24,26,27);2*1H. The molecular formula is C23H25Cl2N5O. The van der Waals surface area contributed by atoms with Gasteiger partial charge in [-0.1, -0.05) is 42.5 Å². The maximum atomic E-state index is 6.27. The molecule has 3 heterocycles. The average Bonchev–Trinajstić information content (AvgIpc) is 3.42. The first-order chi connectivity index (χ1) is 14.3. The lowest BCUT2D eigenvalue weighted by Gasteiger charge is -2.11. The van der Waals surface area contributed by atoms with Gasteiger partial charge in [0.2, 0.25) is 0 Å². The molecule has 0 aliphatic carbocycles. The van der Waals surface area contributed by atoms with E-state index in [1.807, 2.05) is 30.3 Å². The molecule has 162 valence electrons. The monoisotopic (exact) mass is 457 g/mol. The molecule has 1 aliphatic rings. The Labute approximate surface area is 193 Å². The second-order valence-electron chi connectivity index (χ2n) is 7.36. The van der Waals surface area contributed by atoms with Gasteiger partial charge in [-0.2, -0.15) is 0 Å². The Kier molecular flexibility index (Phi) is 7.38. The Bertz CT molecular complexity index is 1140. The first kappa shape index (κ1) is 22.9. The summed E-state index contributed by atoms with van der Waals surface area (Å²) >= 11 is 0. The molecule has 0 saturated carbocycles. The highest BCUT2D eigenvalue weighted by atomic mass is 35.5. The van der Waals surface area contributed by atoms with Crippen molar-refractivity contribution < 1.29 is 4.74 Å². The van der Waals surface area contributed by atoms with Gasteiger partial charge in [-0.25, -0.2) is 9.97 Å². The van der Waals surface area contributed by atoms with E-state index < -0.39 is 0 Å². The lowest BCUT2D eigenvalue weighted by molar-refractivity contribution is 0.306. The highest BCUT2D eigenvalue weighted by Gasteiger charge is 2.22. The van der Waals surface area contributed by atoms with Gasteiger partial charge < -0.3 is 20.4 Å². The number of anilines is 1. The number of nitrogens with two attached hydrogens (primary N) is 1. The van der Waals surface area contributed by atoms with Crippen molar-refractivity contribution in [2.75, 3.05) is 18.8 Å². The van der Waals surface area contributed by atoms with E-state index in [0.717, 1.165) is 53.0 Å². The lowest BCUT2D eigenvalue weighted by atomic mass is 10.1. The zero-order valence-electron chi connectivity index (χ0n) is 16.9. The second kappa shape index (κ2) is 10.0. The summed E-state index contributed by atoms with van der Waals surface area (Å²) in [6.45, 7) is 2.49. The molecule has 0 amide bonds. The fourth-order valence-electron chi connectivity index (χ4n) is 3.98. The predicted molar refractivity (Wildman–Crippen MR) is 129 cm³/mol. The molecule has 31 heavy (non-hydrogen) atoms. The summed E-state index contributed by atoms with van der Waals surface area (Å²) in [6, 6.07) is 18.7. The van der Waals surface area contributed by atoms with Gasteiger partial charge >= 0.3 is 0 Å². The molecule has 6 nitrogen and oxygen atoms in total. The van der Waals surface area contributed by atoms with E-state index in [1.165, 1.54) is 0 Å². The van der Waals surface area contributed by atoms with Crippen molar-refractivity contribution in [2.24, 2.45) is 0 Å². The van der Waals surface area contributed by atoms with Crippen LogP contribution in [0.25, 0.3) is 22.2 Å². The lowest BCUT2D eigenvalue weighted by Crippen LogP contribution is -2.13. The Balaban J connectivity index is 0.00000136. The van der Waals surface area contributed by atoms with Gasteiger partial charge in [-0.05, 0) is 36.2 Å². The SMILES string of the molecule is Cl.Cl.Nc1ncnc2c1c(-c1cccc(OCc3ccccc3)c1)cn2C1CCNC1. The Morgan fingerprint density at radius 2 is 1.90 bits per heavy atom. The number of nitrogens with one attached hydrogen (secondary N) is 1. The number of benzene rings is 2. The smallest absolute Gasteiger partial charge is 0.146 e. The molecule has 4 aromatic rings. The van der Waals surface area contributed by atoms with Crippen LogP contribution in [0.3, 0.4) is 0 Å². The summed E-state index contributed by atoms with van der Waals surface area (Å²) in [7, 11) is 0. The number of fused-ring (bicyclic) bond motifs is 1. The molecular weight excluding hydrogens is 433 g/mol. The summed E-state index contributed by atoms with van der Waals surface area (Å²) in [5.74, 6) is 1.33. The van der Waals surface area contributed by atoms with Crippen LogP contribution in [-0.2, 0) is 6.61 Å². The van der Waals surface area contributed by atoms with Gasteiger partial charge in [0, 0.05) is 24.3 Å².